The number of nitrogens with zero attached hydrogens (tertiary/aromatic N) is 2. The molecule has 0 aliphatic carbocycles. The van der Waals surface area contributed by atoms with Crippen LogP contribution in [0.3, 0.4) is 0 Å². The van der Waals surface area contributed by atoms with Crippen molar-refractivity contribution in [1.29, 1.82) is 0 Å². The Morgan fingerprint density at radius 2 is 1.68 bits per heavy atom. The highest BCUT2D eigenvalue weighted by Gasteiger charge is 2.32. The first-order valence-corrected chi connectivity index (χ1v) is 14.4. The number of hydrogen-bond donors (Lipinski definition) is 1. The molecule has 0 bridgehead atoms. The van der Waals surface area contributed by atoms with Gasteiger partial charge in [0.2, 0.25) is 11.8 Å². The number of ether oxygens (including phenoxy) is 1. The first-order chi connectivity index (χ1) is 18.1. The van der Waals surface area contributed by atoms with Gasteiger partial charge in [0.1, 0.15) is 18.3 Å². The molecule has 10 heteroatoms. The van der Waals surface area contributed by atoms with Gasteiger partial charge < -0.3 is 15.0 Å². The van der Waals surface area contributed by atoms with Gasteiger partial charge in [0.25, 0.3) is 10.0 Å². The smallest absolute Gasteiger partial charge is 0.264 e. The van der Waals surface area contributed by atoms with Gasteiger partial charge in [0.15, 0.2) is 0 Å². The summed E-state index contributed by atoms with van der Waals surface area (Å²) in [6.45, 7) is 5.39. The third-order valence-electron chi connectivity index (χ3n) is 6.03. The standard InChI is InChI=1S/C28H32BrN3O5S/c1-5-30-28(34)21(3)31(18-22-9-7-6-8-10-22)27(33)19-32(23-13-11-20(2)12-14-23)38(35,36)24-15-16-26(37-4)25(29)17-24/h6-17,21H,5,18-19H2,1-4H3,(H,30,34)/t21-/m1/s1. The Bertz CT molecular complexity index is 1360. The summed E-state index contributed by atoms with van der Waals surface area (Å²) in [4.78, 5) is 27.9. The summed E-state index contributed by atoms with van der Waals surface area (Å²) in [5.74, 6) is -0.350. The Morgan fingerprint density at radius 3 is 2.26 bits per heavy atom. The van der Waals surface area contributed by atoms with Crippen LogP contribution in [0.5, 0.6) is 5.75 Å². The van der Waals surface area contributed by atoms with Crippen LogP contribution in [0, 0.1) is 6.92 Å². The fourth-order valence-corrected chi connectivity index (χ4v) is 5.99. The highest BCUT2D eigenvalue weighted by molar-refractivity contribution is 9.10. The molecule has 0 heterocycles. The van der Waals surface area contributed by atoms with Crippen molar-refractivity contribution in [2.24, 2.45) is 0 Å². The van der Waals surface area contributed by atoms with E-state index in [4.69, 9.17) is 4.74 Å². The van der Waals surface area contributed by atoms with Crippen LogP contribution in [0.15, 0.2) is 82.2 Å². The average molecular weight is 603 g/mol. The molecule has 0 aliphatic heterocycles. The Hall–Kier alpha value is -3.37. The minimum atomic E-state index is -4.17. The molecule has 0 saturated heterocycles. The zero-order chi connectivity index (χ0) is 27.9. The number of halogens is 1. The van der Waals surface area contributed by atoms with Crippen LogP contribution >= 0.6 is 15.9 Å². The summed E-state index contributed by atoms with van der Waals surface area (Å²) < 4.78 is 34.6. The number of aryl methyl sites for hydroxylation is 1. The first-order valence-electron chi connectivity index (χ1n) is 12.1. The molecule has 2 amide bonds. The Balaban J connectivity index is 2.04. The van der Waals surface area contributed by atoms with Gasteiger partial charge in [-0.2, -0.15) is 0 Å². The number of rotatable bonds is 11. The fraction of sp³-hybridized carbons (Fsp3) is 0.286. The molecular weight excluding hydrogens is 570 g/mol. The number of nitrogens with one attached hydrogen (secondary N) is 1. The molecule has 3 aromatic carbocycles. The maximum Gasteiger partial charge on any atom is 0.264 e. The third-order valence-corrected chi connectivity index (χ3v) is 8.42. The van der Waals surface area contributed by atoms with Gasteiger partial charge in [0, 0.05) is 13.1 Å². The molecule has 3 aromatic rings. The van der Waals surface area contributed by atoms with Crippen LogP contribution in [-0.2, 0) is 26.2 Å². The van der Waals surface area contributed by atoms with Gasteiger partial charge in [-0.15, -0.1) is 0 Å². The lowest BCUT2D eigenvalue weighted by Crippen LogP contribution is -2.51. The number of anilines is 1. The molecule has 0 aliphatic rings. The second-order valence-electron chi connectivity index (χ2n) is 8.72. The second kappa shape index (κ2) is 12.9. The monoisotopic (exact) mass is 601 g/mol. The van der Waals surface area contributed by atoms with E-state index in [2.05, 4.69) is 21.2 Å². The predicted octanol–water partition coefficient (Wildman–Crippen LogP) is 4.51. The van der Waals surface area contributed by atoms with Gasteiger partial charge in [-0.05, 0) is 72.6 Å². The average Bonchev–Trinajstić information content (AvgIpc) is 2.91. The number of sulfonamides is 1. The summed E-state index contributed by atoms with van der Waals surface area (Å²) in [6, 6.07) is 19.8. The van der Waals surface area contributed by atoms with Crippen LogP contribution in [0.1, 0.15) is 25.0 Å². The molecule has 0 aromatic heterocycles. The largest absolute Gasteiger partial charge is 0.496 e. The van der Waals surface area contributed by atoms with Crippen molar-refractivity contribution >= 4 is 43.5 Å². The van der Waals surface area contributed by atoms with E-state index in [1.54, 1.807) is 44.2 Å². The molecule has 1 N–H and O–H groups in total. The molecule has 1 atom stereocenters. The first kappa shape index (κ1) is 29.2. The maximum atomic E-state index is 13.9. The number of amides is 2. The van der Waals surface area contributed by atoms with Gasteiger partial charge in [-0.1, -0.05) is 48.0 Å². The van der Waals surface area contributed by atoms with Gasteiger partial charge >= 0.3 is 0 Å². The minimum absolute atomic E-state index is 0.00932. The van der Waals surface area contributed by atoms with Crippen molar-refractivity contribution in [2.75, 3.05) is 24.5 Å². The minimum Gasteiger partial charge on any atom is -0.496 e. The van der Waals surface area contributed by atoms with Crippen LogP contribution < -0.4 is 14.4 Å². The summed E-state index contributed by atoms with van der Waals surface area (Å²) in [7, 11) is -2.68. The van der Waals surface area contributed by atoms with E-state index in [1.807, 2.05) is 37.3 Å². The second-order valence-corrected chi connectivity index (χ2v) is 11.4. The number of hydrogen-bond acceptors (Lipinski definition) is 5. The third kappa shape index (κ3) is 6.93. The predicted molar refractivity (Wildman–Crippen MR) is 152 cm³/mol. The molecule has 0 radical (unpaired) electrons. The van der Waals surface area contributed by atoms with E-state index in [9.17, 15) is 18.0 Å². The molecular formula is C28H32BrN3O5S. The Labute approximate surface area is 232 Å². The van der Waals surface area contributed by atoms with Crippen molar-refractivity contribution in [3.8, 4) is 5.75 Å². The van der Waals surface area contributed by atoms with Crippen molar-refractivity contribution in [2.45, 2.75) is 38.3 Å². The maximum absolute atomic E-state index is 13.9. The molecule has 8 nitrogen and oxygen atoms in total. The van der Waals surface area contributed by atoms with E-state index in [0.717, 1.165) is 15.4 Å². The number of carbonyl (C=O) groups is 2. The van der Waals surface area contributed by atoms with E-state index >= 15 is 0 Å². The molecule has 0 spiro atoms. The molecule has 202 valence electrons. The molecule has 38 heavy (non-hydrogen) atoms. The topological polar surface area (TPSA) is 96.0 Å². The summed E-state index contributed by atoms with van der Waals surface area (Å²) >= 11 is 3.35. The van der Waals surface area contributed by atoms with Crippen LogP contribution in [0.4, 0.5) is 5.69 Å². The highest BCUT2D eigenvalue weighted by Crippen LogP contribution is 2.31. The lowest BCUT2D eigenvalue weighted by Gasteiger charge is -2.32. The van der Waals surface area contributed by atoms with Crippen molar-refractivity contribution in [1.82, 2.24) is 10.2 Å². The van der Waals surface area contributed by atoms with Gasteiger partial charge in [-0.25, -0.2) is 8.42 Å². The summed E-state index contributed by atoms with van der Waals surface area (Å²) in [5.41, 5.74) is 2.10. The molecule has 0 fully saturated rings. The van der Waals surface area contributed by atoms with Gasteiger partial charge in [-0.3, -0.25) is 13.9 Å². The SMILES string of the molecule is CCNC(=O)[C@@H](C)N(Cc1ccccc1)C(=O)CN(c1ccc(C)cc1)S(=O)(=O)c1ccc(OC)c(Br)c1. The number of carbonyl (C=O) groups excluding carboxylic acids is 2. The lowest BCUT2D eigenvalue weighted by atomic mass is 10.1. The summed E-state index contributed by atoms with van der Waals surface area (Å²) in [5, 5.41) is 2.75. The summed E-state index contributed by atoms with van der Waals surface area (Å²) in [6.07, 6.45) is 0. The normalized spacial score (nSPS) is 11.9. The zero-order valence-electron chi connectivity index (χ0n) is 21.8. The lowest BCUT2D eigenvalue weighted by molar-refractivity contribution is -0.139. The van der Waals surface area contributed by atoms with Crippen LogP contribution in [0.2, 0.25) is 0 Å². The van der Waals surface area contributed by atoms with Crippen molar-refractivity contribution in [3.05, 3.63) is 88.4 Å². The number of benzene rings is 3. The molecule has 0 saturated carbocycles. The van der Waals surface area contributed by atoms with E-state index in [1.165, 1.54) is 24.1 Å². The van der Waals surface area contributed by atoms with Crippen molar-refractivity contribution in [3.63, 3.8) is 0 Å². The Kier molecular flexibility index (Phi) is 9.93. The van der Waals surface area contributed by atoms with E-state index in [0.29, 0.717) is 22.5 Å². The molecule has 3 rings (SSSR count). The highest BCUT2D eigenvalue weighted by atomic mass is 79.9. The Morgan fingerprint density at radius 1 is 1.03 bits per heavy atom. The molecule has 0 unspecified atom stereocenters. The number of methoxy groups -OCH3 is 1. The number of likely N-dealkylation sites (N-methyl/N-ethyl adjacent to an activating group) is 1. The van der Waals surface area contributed by atoms with Gasteiger partial charge in [0.05, 0.1) is 22.2 Å². The quantitative estimate of drug-likeness (QED) is 0.349. The zero-order valence-corrected chi connectivity index (χ0v) is 24.3. The van der Waals surface area contributed by atoms with E-state index in [-0.39, 0.29) is 17.3 Å². The van der Waals surface area contributed by atoms with Crippen LogP contribution in [-0.4, -0.2) is 51.4 Å². The van der Waals surface area contributed by atoms with E-state index < -0.39 is 28.5 Å². The van der Waals surface area contributed by atoms with Crippen LogP contribution in [0.25, 0.3) is 0 Å². The fourth-order valence-electron chi connectivity index (χ4n) is 3.86. The van der Waals surface area contributed by atoms with Crippen molar-refractivity contribution < 1.29 is 22.7 Å².